The van der Waals surface area contributed by atoms with Gasteiger partial charge in [-0.15, -0.1) is 0 Å². The molecule has 2 nitrogen and oxygen atoms in total. The van der Waals surface area contributed by atoms with Crippen LogP contribution in [0.15, 0.2) is 12.2 Å². The molecule has 0 unspecified atom stereocenters. The fourth-order valence-electron chi connectivity index (χ4n) is 1.86. The van der Waals surface area contributed by atoms with E-state index in [9.17, 15) is 0 Å². The predicted molar refractivity (Wildman–Crippen MR) is 55.9 cm³/mol. The van der Waals surface area contributed by atoms with Crippen LogP contribution in [-0.4, -0.2) is 27.4 Å². The number of rotatable bonds is 4. The lowest BCUT2D eigenvalue weighted by molar-refractivity contribution is 0.00437. The third-order valence-corrected chi connectivity index (χ3v) is 2.46. The third-order valence-electron chi connectivity index (χ3n) is 2.46. The molecule has 0 aromatic heterocycles. The molecule has 0 saturated heterocycles. The number of hydrogen-bond acceptors (Lipinski definition) is 2. The fraction of sp³-hybridized carbons (Fsp3) is 0.818. The summed E-state index contributed by atoms with van der Waals surface area (Å²) >= 11 is 0. The molecule has 1 aliphatic rings. The first-order valence-corrected chi connectivity index (χ1v) is 4.46. The van der Waals surface area contributed by atoms with Gasteiger partial charge in [0, 0.05) is 19.6 Å². The van der Waals surface area contributed by atoms with Crippen LogP contribution < -0.4 is 0 Å². The van der Waals surface area contributed by atoms with Crippen molar-refractivity contribution in [2.75, 3.05) is 27.4 Å². The maximum absolute atomic E-state index is 5.22. The van der Waals surface area contributed by atoms with Gasteiger partial charge in [-0.05, 0) is 19.3 Å². The summed E-state index contributed by atoms with van der Waals surface area (Å²) in [6.45, 7) is 1.62. The first-order valence-electron chi connectivity index (χ1n) is 4.46. The summed E-state index contributed by atoms with van der Waals surface area (Å²) in [6, 6.07) is 0. The Balaban J connectivity index is 0.00000144. The van der Waals surface area contributed by atoms with E-state index in [0.717, 1.165) is 26.1 Å². The Hall–Kier alpha value is -0.340. The van der Waals surface area contributed by atoms with E-state index >= 15 is 0 Å². The molecular weight excluding hydrogens is 164 g/mol. The lowest BCUT2D eigenvalue weighted by Gasteiger charge is -2.33. The van der Waals surface area contributed by atoms with Crippen LogP contribution in [0.25, 0.3) is 0 Å². The molecule has 0 aromatic rings. The second kappa shape index (κ2) is 6.17. The smallest absolute Gasteiger partial charge is 0.0543 e. The summed E-state index contributed by atoms with van der Waals surface area (Å²) in [5.74, 6) is 0. The van der Waals surface area contributed by atoms with Crippen molar-refractivity contribution in [1.29, 1.82) is 0 Å². The van der Waals surface area contributed by atoms with E-state index in [1.54, 1.807) is 14.2 Å². The van der Waals surface area contributed by atoms with E-state index in [0.29, 0.717) is 0 Å². The molecule has 1 rings (SSSR count). The SMILES string of the molecule is C.COCC1(COC)CC=CCC1. The van der Waals surface area contributed by atoms with Gasteiger partial charge in [-0.3, -0.25) is 0 Å². The normalized spacial score (nSPS) is 19.5. The highest BCUT2D eigenvalue weighted by molar-refractivity contribution is 4.97. The number of hydrogen-bond donors (Lipinski definition) is 0. The highest BCUT2D eigenvalue weighted by atomic mass is 16.5. The van der Waals surface area contributed by atoms with Crippen molar-refractivity contribution >= 4 is 0 Å². The molecule has 0 aliphatic heterocycles. The summed E-state index contributed by atoms with van der Waals surface area (Å²) in [6.07, 6.45) is 7.91. The Bertz CT molecular complexity index is 146. The van der Waals surface area contributed by atoms with Gasteiger partial charge in [-0.25, -0.2) is 0 Å². The summed E-state index contributed by atoms with van der Waals surface area (Å²) in [5.41, 5.74) is 0.248. The van der Waals surface area contributed by atoms with Crippen LogP contribution in [0.4, 0.5) is 0 Å². The van der Waals surface area contributed by atoms with Crippen molar-refractivity contribution in [2.24, 2.45) is 5.41 Å². The first-order chi connectivity index (χ1) is 5.83. The van der Waals surface area contributed by atoms with Gasteiger partial charge in [-0.2, -0.15) is 0 Å². The first kappa shape index (κ1) is 12.7. The molecule has 78 valence electrons. The molecule has 0 amide bonds. The van der Waals surface area contributed by atoms with Gasteiger partial charge >= 0.3 is 0 Å². The maximum Gasteiger partial charge on any atom is 0.0543 e. The van der Waals surface area contributed by atoms with E-state index in [4.69, 9.17) is 9.47 Å². The standard InChI is InChI=1S/C10H18O2.CH4/c1-11-8-10(9-12-2)6-4-3-5-7-10;/h3-4H,5-9H2,1-2H3;1H4. The Kier molecular flexibility index (Phi) is 6.00. The van der Waals surface area contributed by atoms with Crippen molar-refractivity contribution in [2.45, 2.75) is 26.7 Å². The van der Waals surface area contributed by atoms with Crippen LogP contribution in [-0.2, 0) is 9.47 Å². The van der Waals surface area contributed by atoms with Gasteiger partial charge in [0.25, 0.3) is 0 Å². The van der Waals surface area contributed by atoms with Crippen LogP contribution in [0.1, 0.15) is 26.7 Å². The minimum absolute atomic E-state index is 0. The van der Waals surface area contributed by atoms with Crippen LogP contribution in [0, 0.1) is 5.41 Å². The zero-order valence-electron chi connectivity index (χ0n) is 8.01. The van der Waals surface area contributed by atoms with Crippen molar-refractivity contribution in [3.8, 4) is 0 Å². The largest absolute Gasteiger partial charge is 0.384 e. The Labute approximate surface area is 81.9 Å². The van der Waals surface area contributed by atoms with Crippen molar-refractivity contribution in [3.05, 3.63) is 12.2 Å². The van der Waals surface area contributed by atoms with Gasteiger partial charge < -0.3 is 9.47 Å². The van der Waals surface area contributed by atoms with Gasteiger partial charge in [0.15, 0.2) is 0 Å². The van der Waals surface area contributed by atoms with Gasteiger partial charge in [0.2, 0.25) is 0 Å². The maximum atomic E-state index is 5.22. The summed E-state index contributed by atoms with van der Waals surface area (Å²) in [4.78, 5) is 0. The average molecular weight is 186 g/mol. The second-order valence-corrected chi connectivity index (χ2v) is 3.58. The molecule has 0 atom stereocenters. The molecule has 1 aliphatic carbocycles. The fourth-order valence-corrected chi connectivity index (χ4v) is 1.86. The minimum Gasteiger partial charge on any atom is -0.384 e. The van der Waals surface area contributed by atoms with Gasteiger partial charge in [0.1, 0.15) is 0 Å². The van der Waals surface area contributed by atoms with Crippen molar-refractivity contribution < 1.29 is 9.47 Å². The molecule has 0 spiro atoms. The lowest BCUT2D eigenvalue weighted by atomic mass is 9.78. The number of ether oxygens (including phenoxy) is 2. The van der Waals surface area contributed by atoms with Gasteiger partial charge in [-0.1, -0.05) is 19.6 Å². The number of allylic oxidation sites excluding steroid dienone is 2. The Morgan fingerprint density at radius 1 is 1.15 bits per heavy atom. The van der Waals surface area contributed by atoms with Crippen LogP contribution in [0.5, 0.6) is 0 Å². The Morgan fingerprint density at radius 3 is 2.15 bits per heavy atom. The van der Waals surface area contributed by atoms with Gasteiger partial charge in [0.05, 0.1) is 13.2 Å². The lowest BCUT2D eigenvalue weighted by Crippen LogP contribution is -2.32. The highest BCUT2D eigenvalue weighted by Crippen LogP contribution is 2.33. The molecule has 0 saturated carbocycles. The van der Waals surface area contributed by atoms with Crippen LogP contribution >= 0.6 is 0 Å². The molecule has 0 radical (unpaired) electrons. The second-order valence-electron chi connectivity index (χ2n) is 3.58. The molecule has 0 fully saturated rings. The highest BCUT2D eigenvalue weighted by Gasteiger charge is 2.29. The Morgan fingerprint density at radius 2 is 1.77 bits per heavy atom. The zero-order chi connectivity index (χ0) is 8.86. The predicted octanol–water partition coefficient (Wildman–Crippen LogP) is 2.64. The third kappa shape index (κ3) is 3.49. The van der Waals surface area contributed by atoms with E-state index in [1.165, 1.54) is 6.42 Å². The summed E-state index contributed by atoms with van der Waals surface area (Å²) < 4.78 is 10.4. The van der Waals surface area contributed by atoms with Crippen LogP contribution in [0.3, 0.4) is 0 Å². The summed E-state index contributed by atoms with van der Waals surface area (Å²) in [7, 11) is 3.52. The summed E-state index contributed by atoms with van der Waals surface area (Å²) in [5, 5.41) is 0. The number of methoxy groups -OCH3 is 2. The van der Waals surface area contributed by atoms with E-state index in [2.05, 4.69) is 12.2 Å². The monoisotopic (exact) mass is 186 g/mol. The van der Waals surface area contributed by atoms with Crippen molar-refractivity contribution in [3.63, 3.8) is 0 Å². The molecule has 2 heteroatoms. The molecule has 0 N–H and O–H groups in total. The minimum atomic E-state index is 0. The molecule has 13 heavy (non-hydrogen) atoms. The van der Waals surface area contributed by atoms with Crippen molar-refractivity contribution in [1.82, 2.24) is 0 Å². The van der Waals surface area contributed by atoms with E-state index in [1.807, 2.05) is 0 Å². The van der Waals surface area contributed by atoms with E-state index in [-0.39, 0.29) is 12.8 Å². The molecule has 0 aromatic carbocycles. The zero-order valence-corrected chi connectivity index (χ0v) is 8.01. The van der Waals surface area contributed by atoms with Crippen LogP contribution in [0.2, 0.25) is 0 Å². The molecule has 0 heterocycles. The van der Waals surface area contributed by atoms with E-state index < -0.39 is 0 Å². The average Bonchev–Trinajstić information content (AvgIpc) is 2.07. The molecule has 0 bridgehead atoms. The molecular formula is C11H22O2. The quantitative estimate of drug-likeness (QED) is 0.628. The topological polar surface area (TPSA) is 18.5 Å².